The molecule has 3 aliphatic heterocycles. The molecule has 3 saturated heterocycles. The fraction of sp³-hybridized carbons (Fsp3) is 0.500. The summed E-state index contributed by atoms with van der Waals surface area (Å²) in [6.07, 6.45) is 2.37. The molecule has 2 aromatic rings. The predicted molar refractivity (Wildman–Crippen MR) is 86.6 cm³/mol. The molecule has 2 bridgehead atoms. The Balaban J connectivity index is 1.57. The van der Waals surface area contributed by atoms with E-state index in [0.29, 0.717) is 17.5 Å². The molecule has 6 heteroatoms. The second kappa shape index (κ2) is 5.52. The molecule has 5 rings (SSSR count). The van der Waals surface area contributed by atoms with E-state index in [1.807, 2.05) is 17.5 Å². The van der Waals surface area contributed by atoms with Crippen molar-refractivity contribution in [2.75, 3.05) is 26.7 Å². The van der Waals surface area contributed by atoms with Crippen LogP contribution in [0.3, 0.4) is 0 Å². The largest absolute Gasteiger partial charge is 0.480 e. The van der Waals surface area contributed by atoms with Gasteiger partial charge in [-0.15, -0.1) is 11.3 Å². The van der Waals surface area contributed by atoms with Crippen molar-refractivity contribution in [3.8, 4) is 5.88 Å². The van der Waals surface area contributed by atoms with Gasteiger partial charge in [-0.3, -0.25) is 4.79 Å². The lowest BCUT2D eigenvalue weighted by Crippen LogP contribution is -2.57. The van der Waals surface area contributed by atoms with E-state index in [1.165, 1.54) is 25.9 Å². The molecule has 3 fully saturated rings. The molecule has 1 amide bonds. The van der Waals surface area contributed by atoms with Crippen LogP contribution in [0.2, 0.25) is 0 Å². The molecule has 116 valence electrons. The minimum absolute atomic E-state index is 0.0925. The molecule has 2 aromatic heterocycles. The number of nitrogens with one attached hydrogen (secondary N) is 1. The van der Waals surface area contributed by atoms with Crippen molar-refractivity contribution in [2.45, 2.75) is 18.9 Å². The van der Waals surface area contributed by atoms with Crippen molar-refractivity contribution in [1.82, 2.24) is 15.2 Å². The fourth-order valence-electron chi connectivity index (χ4n) is 3.57. The van der Waals surface area contributed by atoms with Crippen molar-refractivity contribution in [1.29, 1.82) is 0 Å². The van der Waals surface area contributed by atoms with E-state index in [0.717, 1.165) is 16.6 Å². The zero-order valence-corrected chi connectivity index (χ0v) is 13.4. The second-order valence-corrected chi connectivity index (χ2v) is 6.99. The third kappa shape index (κ3) is 2.36. The smallest absolute Gasteiger partial charge is 0.270 e. The van der Waals surface area contributed by atoms with Crippen molar-refractivity contribution >= 4 is 27.3 Å². The summed E-state index contributed by atoms with van der Waals surface area (Å²) in [7, 11) is 1.59. The Bertz CT molecular complexity index is 706. The maximum Gasteiger partial charge on any atom is 0.270 e. The number of hydrogen-bond donors (Lipinski definition) is 1. The number of fused-ring (bicyclic) bond motifs is 4. The quantitative estimate of drug-likeness (QED) is 0.942. The number of ether oxygens (including phenoxy) is 1. The highest BCUT2D eigenvalue weighted by molar-refractivity contribution is 7.17. The van der Waals surface area contributed by atoms with Crippen LogP contribution >= 0.6 is 11.3 Å². The zero-order chi connectivity index (χ0) is 15.1. The summed E-state index contributed by atoms with van der Waals surface area (Å²) in [5.41, 5.74) is 0.444. The molecule has 1 atom stereocenters. The number of amides is 1. The Morgan fingerprint density at radius 3 is 2.95 bits per heavy atom. The number of piperidine rings is 3. The molecule has 0 saturated carbocycles. The molecule has 22 heavy (non-hydrogen) atoms. The van der Waals surface area contributed by atoms with Gasteiger partial charge in [0.25, 0.3) is 5.91 Å². The lowest BCUT2D eigenvalue weighted by Gasteiger charge is -2.44. The molecule has 5 nitrogen and oxygen atoms in total. The van der Waals surface area contributed by atoms with Gasteiger partial charge in [0.15, 0.2) is 0 Å². The number of hydrogen-bond acceptors (Lipinski definition) is 5. The molecular weight excluding hydrogens is 298 g/mol. The summed E-state index contributed by atoms with van der Waals surface area (Å²) in [6, 6.07) is 4.10. The summed E-state index contributed by atoms with van der Waals surface area (Å²) in [5, 5.41) is 6.18. The first kappa shape index (κ1) is 14.0. The van der Waals surface area contributed by atoms with Crippen LogP contribution in [0.25, 0.3) is 10.1 Å². The van der Waals surface area contributed by atoms with E-state index in [4.69, 9.17) is 4.74 Å². The summed E-state index contributed by atoms with van der Waals surface area (Å²) < 4.78 is 6.31. The van der Waals surface area contributed by atoms with Crippen LogP contribution in [-0.2, 0) is 0 Å². The molecule has 5 heterocycles. The topological polar surface area (TPSA) is 54.5 Å². The Morgan fingerprint density at radius 2 is 2.27 bits per heavy atom. The lowest BCUT2D eigenvalue weighted by molar-refractivity contribution is 0.0617. The first-order valence-corrected chi connectivity index (χ1v) is 8.58. The fourth-order valence-corrected chi connectivity index (χ4v) is 4.42. The number of methoxy groups -OCH3 is 1. The number of rotatable bonds is 3. The Kier molecular flexibility index (Phi) is 3.50. The highest BCUT2D eigenvalue weighted by Crippen LogP contribution is 2.30. The van der Waals surface area contributed by atoms with Gasteiger partial charge in [0.05, 0.1) is 11.8 Å². The first-order chi connectivity index (χ1) is 10.7. The van der Waals surface area contributed by atoms with Gasteiger partial charge < -0.3 is 15.0 Å². The maximum absolute atomic E-state index is 12.6. The first-order valence-electron chi connectivity index (χ1n) is 7.70. The van der Waals surface area contributed by atoms with Gasteiger partial charge in [-0.25, -0.2) is 4.98 Å². The number of aromatic nitrogens is 1. The van der Waals surface area contributed by atoms with Crippen LogP contribution in [0.4, 0.5) is 0 Å². The van der Waals surface area contributed by atoms with E-state index in [9.17, 15) is 4.79 Å². The molecule has 3 aliphatic rings. The van der Waals surface area contributed by atoms with Crippen LogP contribution in [0.15, 0.2) is 17.5 Å². The highest BCUT2D eigenvalue weighted by Gasteiger charge is 2.35. The van der Waals surface area contributed by atoms with Crippen molar-refractivity contribution in [3.63, 3.8) is 0 Å². The zero-order valence-electron chi connectivity index (χ0n) is 12.5. The minimum atomic E-state index is -0.0925. The predicted octanol–water partition coefficient (Wildman–Crippen LogP) is 2.13. The summed E-state index contributed by atoms with van der Waals surface area (Å²) in [6.45, 7) is 3.31. The summed E-state index contributed by atoms with van der Waals surface area (Å²) >= 11 is 1.58. The third-order valence-corrected chi connectivity index (χ3v) is 5.72. The summed E-state index contributed by atoms with van der Waals surface area (Å²) in [4.78, 5) is 19.4. The Hall–Kier alpha value is -1.66. The van der Waals surface area contributed by atoms with Gasteiger partial charge in [0.1, 0.15) is 5.69 Å². The Morgan fingerprint density at radius 1 is 1.45 bits per heavy atom. The van der Waals surface area contributed by atoms with E-state index >= 15 is 0 Å². The number of carbonyl (C=O) groups is 1. The lowest BCUT2D eigenvalue weighted by atomic mass is 9.84. The second-order valence-electron chi connectivity index (χ2n) is 6.07. The maximum atomic E-state index is 12.6. The third-order valence-electron chi connectivity index (χ3n) is 4.80. The molecule has 1 N–H and O–H groups in total. The van der Waals surface area contributed by atoms with Crippen LogP contribution in [0.5, 0.6) is 5.88 Å². The average Bonchev–Trinajstić information content (AvgIpc) is 3.03. The van der Waals surface area contributed by atoms with E-state index in [-0.39, 0.29) is 11.9 Å². The van der Waals surface area contributed by atoms with Crippen molar-refractivity contribution in [3.05, 3.63) is 23.2 Å². The SMILES string of the molecule is COc1nc(C(=O)N[C@H]2CN3CCC2CC3)cc2ccsc12. The molecule has 0 aliphatic carbocycles. The molecule has 0 unspecified atom stereocenters. The van der Waals surface area contributed by atoms with Crippen molar-refractivity contribution < 1.29 is 9.53 Å². The normalized spacial score (nSPS) is 27.0. The van der Waals surface area contributed by atoms with Gasteiger partial charge in [-0.2, -0.15) is 0 Å². The number of thiophene rings is 1. The monoisotopic (exact) mass is 317 g/mol. The van der Waals surface area contributed by atoms with Gasteiger partial charge in [0, 0.05) is 18.0 Å². The van der Waals surface area contributed by atoms with Crippen LogP contribution < -0.4 is 10.1 Å². The molecule has 0 spiro atoms. The standard InChI is InChI=1S/C16H19N3O2S/c1-21-16-14-11(4-7-22-14)8-12(18-16)15(20)17-13-9-19-5-2-10(13)3-6-19/h4,7-8,10,13H,2-3,5-6,9H2,1H3,(H,17,20)/t13-/m0/s1. The number of pyridine rings is 1. The number of nitrogens with zero attached hydrogens (tertiary/aromatic N) is 2. The van der Waals surface area contributed by atoms with Crippen LogP contribution in [0, 0.1) is 5.92 Å². The van der Waals surface area contributed by atoms with Gasteiger partial charge in [-0.1, -0.05) is 0 Å². The van der Waals surface area contributed by atoms with Crippen LogP contribution in [-0.4, -0.2) is 48.6 Å². The van der Waals surface area contributed by atoms with Gasteiger partial charge in [-0.05, 0) is 49.4 Å². The van der Waals surface area contributed by atoms with Crippen molar-refractivity contribution in [2.24, 2.45) is 5.92 Å². The van der Waals surface area contributed by atoms with E-state index in [2.05, 4.69) is 15.2 Å². The molecule has 0 radical (unpaired) electrons. The Labute approximate surface area is 133 Å². The highest BCUT2D eigenvalue weighted by atomic mass is 32.1. The number of carbonyl (C=O) groups excluding carboxylic acids is 1. The van der Waals surface area contributed by atoms with E-state index < -0.39 is 0 Å². The molecular formula is C16H19N3O2S. The summed E-state index contributed by atoms with van der Waals surface area (Å²) in [5.74, 6) is 1.05. The molecule has 0 aromatic carbocycles. The van der Waals surface area contributed by atoms with Gasteiger partial charge >= 0.3 is 0 Å². The van der Waals surface area contributed by atoms with E-state index in [1.54, 1.807) is 18.4 Å². The average molecular weight is 317 g/mol. The van der Waals surface area contributed by atoms with Crippen LogP contribution in [0.1, 0.15) is 23.3 Å². The minimum Gasteiger partial charge on any atom is -0.480 e. The van der Waals surface area contributed by atoms with Gasteiger partial charge in [0.2, 0.25) is 5.88 Å².